The van der Waals surface area contributed by atoms with Crippen LogP contribution in [0.1, 0.15) is 39.9 Å². The Morgan fingerprint density at radius 3 is 2.57 bits per heavy atom. The number of aromatic nitrogens is 3. The van der Waals surface area contributed by atoms with Crippen LogP contribution in [0, 0.1) is 20.8 Å². The molecule has 0 saturated carbocycles. The van der Waals surface area contributed by atoms with E-state index in [1.165, 1.54) is 11.3 Å². The van der Waals surface area contributed by atoms with Gasteiger partial charge in [-0.1, -0.05) is 0 Å². The Balaban J connectivity index is 2.33. The number of nitrogens with two attached hydrogens (primary N) is 1. The molecule has 9 heteroatoms. The summed E-state index contributed by atoms with van der Waals surface area (Å²) in [7, 11) is -3.69. The van der Waals surface area contributed by atoms with E-state index in [1.807, 2.05) is 13.8 Å². The van der Waals surface area contributed by atoms with Crippen molar-refractivity contribution in [1.29, 1.82) is 0 Å². The molecule has 0 saturated heterocycles. The Hall–Kier alpha value is -1.29. The second-order valence-electron chi connectivity index (χ2n) is 4.85. The maximum Gasteiger partial charge on any atom is 0.244 e. The molecule has 1 unspecified atom stereocenters. The van der Waals surface area contributed by atoms with Crippen LogP contribution in [0.3, 0.4) is 0 Å². The smallest absolute Gasteiger partial charge is 0.244 e. The zero-order valence-electron chi connectivity index (χ0n) is 12.4. The van der Waals surface area contributed by atoms with Gasteiger partial charge < -0.3 is 5.73 Å². The molecule has 0 aliphatic carbocycles. The van der Waals surface area contributed by atoms with Gasteiger partial charge in [-0.15, -0.1) is 11.3 Å². The number of sulfonamides is 1. The number of hydrogen-bond donors (Lipinski definition) is 3. The zero-order valence-corrected chi connectivity index (χ0v) is 14.0. The highest BCUT2D eigenvalue weighted by Crippen LogP contribution is 2.27. The van der Waals surface area contributed by atoms with Crippen molar-refractivity contribution >= 4 is 21.4 Å². The number of nitrogens with zero attached hydrogens (tertiary/aromatic N) is 2. The minimum Gasteiger partial charge on any atom is -0.325 e. The summed E-state index contributed by atoms with van der Waals surface area (Å²) in [5.41, 5.74) is 7.21. The van der Waals surface area contributed by atoms with Crippen molar-refractivity contribution < 1.29 is 8.42 Å². The van der Waals surface area contributed by atoms with Crippen LogP contribution in [0.2, 0.25) is 0 Å². The average molecular weight is 329 g/mol. The maximum atomic E-state index is 12.6. The van der Waals surface area contributed by atoms with E-state index in [4.69, 9.17) is 5.73 Å². The number of H-pyrrole nitrogens is 1. The first kappa shape index (κ1) is 16.1. The van der Waals surface area contributed by atoms with E-state index in [-0.39, 0.29) is 17.5 Å². The van der Waals surface area contributed by atoms with Crippen LogP contribution >= 0.6 is 11.3 Å². The Morgan fingerprint density at radius 2 is 2.05 bits per heavy atom. The van der Waals surface area contributed by atoms with Crippen molar-refractivity contribution in [2.45, 2.75) is 45.2 Å². The van der Waals surface area contributed by atoms with Crippen molar-refractivity contribution in [3.05, 3.63) is 27.0 Å². The van der Waals surface area contributed by atoms with Gasteiger partial charge in [0.05, 0.1) is 28.1 Å². The number of aryl methyl sites for hydroxylation is 3. The first-order valence-corrected chi connectivity index (χ1v) is 8.76. The fourth-order valence-corrected chi connectivity index (χ4v) is 4.85. The summed E-state index contributed by atoms with van der Waals surface area (Å²) >= 11 is 1.49. The summed E-state index contributed by atoms with van der Waals surface area (Å²) in [6.07, 6.45) is 0. The lowest BCUT2D eigenvalue weighted by molar-refractivity contribution is 0.566. The number of aromatic amines is 1. The number of thiazole rings is 1. The van der Waals surface area contributed by atoms with E-state index in [9.17, 15) is 8.42 Å². The third kappa shape index (κ3) is 3.15. The van der Waals surface area contributed by atoms with Crippen molar-refractivity contribution in [1.82, 2.24) is 19.9 Å². The van der Waals surface area contributed by atoms with Gasteiger partial charge in [0.15, 0.2) is 0 Å². The van der Waals surface area contributed by atoms with Gasteiger partial charge in [-0.25, -0.2) is 18.1 Å². The lowest BCUT2D eigenvalue weighted by atomic mass is 10.2. The summed E-state index contributed by atoms with van der Waals surface area (Å²) < 4.78 is 27.8. The quantitative estimate of drug-likeness (QED) is 0.765. The summed E-state index contributed by atoms with van der Waals surface area (Å²) in [5, 5.41) is 7.50. The summed E-state index contributed by atoms with van der Waals surface area (Å²) in [4.78, 5) is 5.37. The fourth-order valence-electron chi connectivity index (χ4n) is 2.26. The maximum absolute atomic E-state index is 12.6. The van der Waals surface area contributed by atoms with E-state index < -0.39 is 10.0 Å². The van der Waals surface area contributed by atoms with Gasteiger partial charge in [-0.3, -0.25) is 5.10 Å². The molecule has 0 aliphatic heterocycles. The molecule has 0 aromatic carbocycles. The van der Waals surface area contributed by atoms with Crippen LogP contribution in [-0.4, -0.2) is 23.6 Å². The lowest BCUT2D eigenvalue weighted by Gasteiger charge is -2.13. The number of nitrogens with one attached hydrogen (secondary N) is 2. The second-order valence-corrected chi connectivity index (χ2v) is 7.74. The van der Waals surface area contributed by atoms with E-state index >= 15 is 0 Å². The highest BCUT2D eigenvalue weighted by molar-refractivity contribution is 7.89. The van der Waals surface area contributed by atoms with Gasteiger partial charge in [0, 0.05) is 11.4 Å². The Labute approximate surface area is 128 Å². The molecule has 7 nitrogen and oxygen atoms in total. The Morgan fingerprint density at radius 1 is 1.38 bits per heavy atom. The molecule has 4 N–H and O–H groups in total. The highest BCUT2D eigenvalue weighted by atomic mass is 32.2. The van der Waals surface area contributed by atoms with E-state index in [1.54, 1.807) is 13.8 Å². The summed E-state index contributed by atoms with van der Waals surface area (Å²) in [5.74, 6) is 0. The van der Waals surface area contributed by atoms with Crippen molar-refractivity contribution in [2.75, 3.05) is 0 Å². The third-order valence-electron chi connectivity index (χ3n) is 3.09. The van der Waals surface area contributed by atoms with Crippen molar-refractivity contribution in [3.8, 4) is 0 Å². The topological polar surface area (TPSA) is 114 Å². The van der Waals surface area contributed by atoms with E-state index in [0.717, 1.165) is 15.6 Å². The molecule has 0 amide bonds. The third-order valence-corrected chi connectivity index (χ3v) is 6.09. The largest absolute Gasteiger partial charge is 0.325 e. The van der Waals surface area contributed by atoms with Gasteiger partial charge in [0.25, 0.3) is 0 Å². The van der Waals surface area contributed by atoms with E-state index in [0.29, 0.717) is 11.4 Å². The molecule has 0 spiro atoms. The van der Waals surface area contributed by atoms with Crippen LogP contribution in [0.25, 0.3) is 0 Å². The lowest BCUT2D eigenvalue weighted by Crippen LogP contribution is -2.28. The molecular formula is C12H19N5O2S2. The molecule has 2 aromatic rings. The van der Waals surface area contributed by atoms with Crippen LogP contribution in [0.15, 0.2) is 4.90 Å². The SMILES string of the molecule is Cc1nc(C)c(C(C)NS(=O)(=O)c2c(CN)n[nH]c2C)s1. The first-order valence-electron chi connectivity index (χ1n) is 6.46. The molecule has 0 aliphatic rings. The first-order chi connectivity index (χ1) is 9.76. The molecular weight excluding hydrogens is 310 g/mol. The standard InChI is InChI=1S/C12H19N5O2S2/c1-6-11(20-9(4)14-6)7(2)17-21(18,19)12-8(3)15-16-10(12)5-13/h7,17H,5,13H2,1-4H3,(H,15,16). The monoisotopic (exact) mass is 329 g/mol. The molecule has 2 heterocycles. The van der Waals surface area contributed by atoms with E-state index in [2.05, 4.69) is 19.9 Å². The van der Waals surface area contributed by atoms with Gasteiger partial charge >= 0.3 is 0 Å². The normalized spacial score (nSPS) is 13.6. The molecule has 1 atom stereocenters. The van der Waals surface area contributed by atoms with Gasteiger partial charge in [0.2, 0.25) is 10.0 Å². The van der Waals surface area contributed by atoms with Gasteiger partial charge in [-0.05, 0) is 27.7 Å². The average Bonchev–Trinajstić information content (AvgIpc) is 2.91. The highest BCUT2D eigenvalue weighted by Gasteiger charge is 2.27. The Bertz CT molecular complexity index is 748. The number of hydrogen-bond acceptors (Lipinski definition) is 6. The van der Waals surface area contributed by atoms with Gasteiger partial charge in [0.1, 0.15) is 4.90 Å². The predicted molar refractivity (Wildman–Crippen MR) is 81.5 cm³/mol. The Kier molecular flexibility index (Phi) is 4.47. The zero-order chi connectivity index (χ0) is 15.8. The van der Waals surface area contributed by atoms with Crippen LogP contribution < -0.4 is 10.5 Å². The minimum atomic E-state index is -3.69. The molecule has 0 radical (unpaired) electrons. The molecule has 116 valence electrons. The van der Waals surface area contributed by atoms with Crippen molar-refractivity contribution in [3.63, 3.8) is 0 Å². The number of rotatable bonds is 5. The summed E-state index contributed by atoms with van der Waals surface area (Å²) in [6.45, 7) is 7.30. The second kappa shape index (κ2) is 5.84. The van der Waals surface area contributed by atoms with Gasteiger partial charge in [-0.2, -0.15) is 5.10 Å². The predicted octanol–water partition coefficient (Wildman–Crippen LogP) is 1.29. The van der Waals surface area contributed by atoms with Crippen LogP contribution in [-0.2, 0) is 16.6 Å². The van der Waals surface area contributed by atoms with Crippen LogP contribution in [0.5, 0.6) is 0 Å². The molecule has 0 fully saturated rings. The molecule has 2 aromatic heterocycles. The molecule has 21 heavy (non-hydrogen) atoms. The molecule has 0 bridgehead atoms. The van der Waals surface area contributed by atoms with Crippen LogP contribution in [0.4, 0.5) is 0 Å². The summed E-state index contributed by atoms with van der Waals surface area (Å²) in [6, 6.07) is -0.360. The fraction of sp³-hybridized carbons (Fsp3) is 0.500. The van der Waals surface area contributed by atoms with Crippen molar-refractivity contribution in [2.24, 2.45) is 5.73 Å². The minimum absolute atomic E-state index is 0.0632. The molecule has 2 rings (SSSR count).